The molecule has 0 bridgehead atoms. The molecule has 2 heterocycles. The summed E-state index contributed by atoms with van der Waals surface area (Å²) >= 11 is 0. The van der Waals surface area contributed by atoms with Gasteiger partial charge in [-0.2, -0.15) is 5.26 Å². The van der Waals surface area contributed by atoms with Crippen molar-refractivity contribution in [3.63, 3.8) is 0 Å². The van der Waals surface area contributed by atoms with Crippen molar-refractivity contribution in [2.75, 3.05) is 19.7 Å². The van der Waals surface area contributed by atoms with Crippen molar-refractivity contribution in [2.24, 2.45) is 5.92 Å². The fourth-order valence-corrected chi connectivity index (χ4v) is 3.19. The van der Waals surface area contributed by atoms with Gasteiger partial charge in [-0.05, 0) is 18.9 Å². The molecule has 3 heteroatoms. The molecular weight excluding hydrogens is 224 g/mol. The van der Waals surface area contributed by atoms with Gasteiger partial charge in [-0.3, -0.25) is 4.90 Å². The summed E-state index contributed by atoms with van der Waals surface area (Å²) in [4.78, 5) is 2.38. The molecule has 3 nitrogen and oxygen atoms in total. The van der Waals surface area contributed by atoms with Crippen LogP contribution in [0.4, 0.5) is 0 Å². The number of benzene rings is 1. The number of ether oxygens (including phenoxy) is 1. The third kappa shape index (κ3) is 1.73. The number of nitrogens with zero attached hydrogens (tertiary/aromatic N) is 2. The van der Waals surface area contributed by atoms with E-state index in [4.69, 9.17) is 4.74 Å². The maximum absolute atomic E-state index is 9.40. The second-order valence-electron chi connectivity index (χ2n) is 5.35. The predicted octanol–water partition coefficient (Wildman–Crippen LogP) is 2.36. The van der Waals surface area contributed by atoms with Crippen LogP contribution >= 0.6 is 0 Å². The molecule has 94 valence electrons. The van der Waals surface area contributed by atoms with Crippen molar-refractivity contribution in [3.05, 3.63) is 35.9 Å². The second kappa shape index (κ2) is 4.38. The first kappa shape index (κ1) is 11.7. The molecule has 0 aliphatic carbocycles. The van der Waals surface area contributed by atoms with Gasteiger partial charge in [0.05, 0.1) is 6.07 Å². The molecule has 2 aliphatic heterocycles. The minimum Gasteiger partial charge on any atom is -0.358 e. The topological polar surface area (TPSA) is 36.3 Å². The molecule has 0 N–H and O–H groups in total. The standard InChI is InChI=1S/C15H18N2O/c1-12(13-5-3-2-4-6-13)17-9-14-7-8-18-15(14,10-16)11-17/h2-6,12,14H,7-9,11H2,1H3/t12-,14-,15-/m0/s1. The van der Waals surface area contributed by atoms with Crippen molar-refractivity contribution >= 4 is 0 Å². The minimum absolute atomic E-state index is 0.352. The average molecular weight is 242 g/mol. The van der Waals surface area contributed by atoms with Crippen LogP contribution in [-0.2, 0) is 4.74 Å². The van der Waals surface area contributed by atoms with Gasteiger partial charge in [0.15, 0.2) is 5.60 Å². The first-order valence-corrected chi connectivity index (χ1v) is 6.59. The van der Waals surface area contributed by atoms with E-state index in [9.17, 15) is 5.26 Å². The molecule has 18 heavy (non-hydrogen) atoms. The first-order chi connectivity index (χ1) is 8.75. The van der Waals surface area contributed by atoms with E-state index in [0.717, 1.165) is 26.1 Å². The fourth-order valence-electron chi connectivity index (χ4n) is 3.19. The number of rotatable bonds is 2. The average Bonchev–Trinajstić information content (AvgIpc) is 2.95. The van der Waals surface area contributed by atoms with Crippen LogP contribution in [-0.4, -0.2) is 30.2 Å². The van der Waals surface area contributed by atoms with E-state index in [2.05, 4.69) is 42.2 Å². The Hall–Kier alpha value is -1.37. The summed E-state index contributed by atoms with van der Waals surface area (Å²) in [7, 11) is 0. The highest BCUT2D eigenvalue weighted by Crippen LogP contribution is 2.41. The highest BCUT2D eigenvalue weighted by Gasteiger charge is 2.52. The molecule has 0 saturated carbocycles. The molecule has 0 aromatic heterocycles. The molecule has 1 aromatic rings. The summed E-state index contributed by atoms with van der Waals surface area (Å²) in [6.07, 6.45) is 1.02. The van der Waals surface area contributed by atoms with Gasteiger partial charge in [-0.1, -0.05) is 30.3 Å². The maximum atomic E-state index is 9.40. The Kier molecular flexibility index (Phi) is 2.85. The largest absolute Gasteiger partial charge is 0.358 e. The number of nitriles is 1. The third-order valence-corrected chi connectivity index (χ3v) is 4.40. The van der Waals surface area contributed by atoms with Crippen LogP contribution in [0.1, 0.15) is 24.9 Å². The van der Waals surface area contributed by atoms with Gasteiger partial charge in [-0.15, -0.1) is 0 Å². The Bertz CT molecular complexity index is 467. The summed E-state index contributed by atoms with van der Waals surface area (Å²) < 4.78 is 5.73. The quantitative estimate of drug-likeness (QED) is 0.798. The van der Waals surface area contributed by atoms with E-state index >= 15 is 0 Å². The van der Waals surface area contributed by atoms with Crippen LogP contribution < -0.4 is 0 Å². The molecule has 3 rings (SSSR count). The van der Waals surface area contributed by atoms with Crippen molar-refractivity contribution in [2.45, 2.75) is 25.0 Å². The Labute approximate surface area is 108 Å². The molecule has 0 amide bonds. The summed E-state index contributed by atoms with van der Waals surface area (Å²) in [6, 6.07) is 13.2. The Balaban J connectivity index is 1.79. The lowest BCUT2D eigenvalue weighted by Gasteiger charge is -2.26. The van der Waals surface area contributed by atoms with Gasteiger partial charge in [0.1, 0.15) is 0 Å². The van der Waals surface area contributed by atoms with E-state index in [0.29, 0.717) is 12.0 Å². The summed E-state index contributed by atoms with van der Waals surface area (Å²) in [5.74, 6) is 0.383. The predicted molar refractivity (Wildman–Crippen MR) is 68.8 cm³/mol. The molecule has 2 fully saturated rings. The lowest BCUT2D eigenvalue weighted by atomic mass is 9.93. The zero-order valence-electron chi connectivity index (χ0n) is 10.7. The van der Waals surface area contributed by atoms with Gasteiger partial charge in [0, 0.05) is 31.7 Å². The molecule has 0 unspecified atom stereocenters. The first-order valence-electron chi connectivity index (χ1n) is 6.59. The van der Waals surface area contributed by atoms with Gasteiger partial charge >= 0.3 is 0 Å². The minimum atomic E-state index is -0.539. The molecular formula is C15H18N2O. The van der Waals surface area contributed by atoms with Gasteiger partial charge in [0.2, 0.25) is 0 Å². The molecule has 1 aromatic carbocycles. The van der Waals surface area contributed by atoms with Crippen molar-refractivity contribution in [3.8, 4) is 6.07 Å². The van der Waals surface area contributed by atoms with Crippen LogP contribution in [0.25, 0.3) is 0 Å². The lowest BCUT2D eigenvalue weighted by Crippen LogP contribution is -2.35. The van der Waals surface area contributed by atoms with E-state index in [1.165, 1.54) is 5.56 Å². The molecule has 0 spiro atoms. The highest BCUT2D eigenvalue weighted by molar-refractivity contribution is 5.21. The number of likely N-dealkylation sites (tertiary alicyclic amines) is 1. The number of fused-ring (bicyclic) bond motifs is 1. The zero-order valence-corrected chi connectivity index (χ0v) is 10.7. The van der Waals surface area contributed by atoms with Crippen molar-refractivity contribution in [1.29, 1.82) is 5.26 Å². The zero-order chi connectivity index (χ0) is 12.6. The monoisotopic (exact) mass is 242 g/mol. The van der Waals surface area contributed by atoms with Crippen LogP contribution in [0.3, 0.4) is 0 Å². The summed E-state index contributed by atoms with van der Waals surface area (Å²) in [5, 5.41) is 9.40. The summed E-state index contributed by atoms with van der Waals surface area (Å²) in [6.45, 7) is 4.67. The Morgan fingerprint density at radius 3 is 2.89 bits per heavy atom. The normalized spacial score (nSPS) is 33.0. The number of hydrogen-bond acceptors (Lipinski definition) is 3. The van der Waals surface area contributed by atoms with E-state index < -0.39 is 5.60 Å². The Morgan fingerprint density at radius 1 is 1.44 bits per heavy atom. The van der Waals surface area contributed by atoms with E-state index in [-0.39, 0.29) is 0 Å². The third-order valence-electron chi connectivity index (χ3n) is 4.40. The molecule has 0 radical (unpaired) electrons. The van der Waals surface area contributed by atoms with Crippen LogP contribution in [0, 0.1) is 17.2 Å². The second-order valence-corrected chi connectivity index (χ2v) is 5.35. The fraction of sp³-hybridized carbons (Fsp3) is 0.533. The number of hydrogen-bond donors (Lipinski definition) is 0. The van der Waals surface area contributed by atoms with Gasteiger partial charge in [-0.25, -0.2) is 0 Å². The van der Waals surface area contributed by atoms with Crippen molar-refractivity contribution in [1.82, 2.24) is 4.90 Å². The molecule has 2 aliphatic rings. The van der Waals surface area contributed by atoms with Crippen LogP contribution in [0.5, 0.6) is 0 Å². The maximum Gasteiger partial charge on any atom is 0.170 e. The highest BCUT2D eigenvalue weighted by atomic mass is 16.5. The van der Waals surface area contributed by atoms with Crippen LogP contribution in [0.15, 0.2) is 30.3 Å². The van der Waals surface area contributed by atoms with Crippen LogP contribution in [0.2, 0.25) is 0 Å². The van der Waals surface area contributed by atoms with Gasteiger partial charge in [0.25, 0.3) is 0 Å². The van der Waals surface area contributed by atoms with Gasteiger partial charge < -0.3 is 4.74 Å². The Morgan fingerprint density at radius 2 is 2.22 bits per heavy atom. The SMILES string of the molecule is C[C@@H](c1ccccc1)N1C[C@@H]2CCO[C@@]2(C#N)C1. The smallest absolute Gasteiger partial charge is 0.170 e. The van der Waals surface area contributed by atoms with E-state index in [1.807, 2.05) is 6.07 Å². The molecule has 3 atom stereocenters. The summed E-state index contributed by atoms with van der Waals surface area (Å²) in [5.41, 5.74) is 0.772. The lowest BCUT2D eigenvalue weighted by molar-refractivity contribution is 0.0376. The van der Waals surface area contributed by atoms with Crippen molar-refractivity contribution < 1.29 is 4.74 Å². The van der Waals surface area contributed by atoms with E-state index in [1.54, 1.807) is 0 Å². The molecule has 2 saturated heterocycles.